The van der Waals surface area contributed by atoms with Crippen molar-refractivity contribution in [3.05, 3.63) is 23.8 Å². The Morgan fingerprint density at radius 2 is 2.16 bits per heavy atom. The Labute approximate surface area is 112 Å². The van der Waals surface area contributed by atoms with Gasteiger partial charge in [-0.15, -0.1) is 0 Å². The first-order chi connectivity index (χ1) is 8.86. The Kier molecular flexibility index (Phi) is 2.52. The fraction of sp³-hybridized carbons (Fsp3) is 0.600. The second-order valence-electron chi connectivity index (χ2n) is 6.22. The molecule has 0 aromatic heterocycles. The molecule has 4 nitrogen and oxygen atoms in total. The SMILES string of the molecule is C=C1C(=O)O[C@@H]2[C@@H]1CC[C@]1(C)[C@@H](O)C(=O)C=C(C)[C@@H]21. The van der Waals surface area contributed by atoms with Crippen LogP contribution in [-0.4, -0.2) is 29.1 Å². The highest BCUT2D eigenvalue weighted by Crippen LogP contribution is 2.55. The van der Waals surface area contributed by atoms with Gasteiger partial charge in [0.25, 0.3) is 0 Å². The molecule has 0 aromatic rings. The highest BCUT2D eigenvalue weighted by Gasteiger charge is 2.58. The fourth-order valence-electron chi connectivity index (χ4n) is 4.07. The van der Waals surface area contributed by atoms with Gasteiger partial charge < -0.3 is 9.84 Å². The summed E-state index contributed by atoms with van der Waals surface area (Å²) in [5, 5.41) is 10.2. The number of ether oxygens (including phenoxy) is 1. The van der Waals surface area contributed by atoms with Gasteiger partial charge in [0, 0.05) is 22.8 Å². The molecule has 0 spiro atoms. The Balaban J connectivity index is 2.07. The predicted octanol–water partition coefficient (Wildman–Crippen LogP) is 1.39. The smallest absolute Gasteiger partial charge is 0.334 e. The molecule has 1 saturated heterocycles. The van der Waals surface area contributed by atoms with Gasteiger partial charge in [0.05, 0.1) is 0 Å². The molecule has 3 rings (SSSR count). The number of carbonyl (C=O) groups excluding carboxylic acids is 2. The molecule has 2 fully saturated rings. The van der Waals surface area contributed by atoms with Crippen LogP contribution in [0.4, 0.5) is 0 Å². The van der Waals surface area contributed by atoms with Crippen LogP contribution in [0.5, 0.6) is 0 Å². The summed E-state index contributed by atoms with van der Waals surface area (Å²) < 4.78 is 5.46. The van der Waals surface area contributed by atoms with Gasteiger partial charge in [-0.05, 0) is 25.8 Å². The van der Waals surface area contributed by atoms with Gasteiger partial charge in [-0.2, -0.15) is 0 Å². The van der Waals surface area contributed by atoms with Gasteiger partial charge >= 0.3 is 5.97 Å². The number of hydrogen-bond donors (Lipinski definition) is 1. The third kappa shape index (κ3) is 1.49. The van der Waals surface area contributed by atoms with E-state index in [2.05, 4.69) is 6.58 Å². The standard InChI is InChI=1S/C15H18O4/c1-7-6-10(16)13(17)15(3)5-4-9-8(2)14(18)19-12(9)11(7)15/h6,9,11-13,17H,2,4-5H2,1,3H3/t9-,11+,12-,13+,15+/m1/s1. The summed E-state index contributed by atoms with van der Waals surface area (Å²) in [7, 11) is 0. The van der Waals surface area contributed by atoms with E-state index < -0.39 is 11.5 Å². The number of carbonyl (C=O) groups is 2. The molecule has 0 amide bonds. The zero-order valence-electron chi connectivity index (χ0n) is 11.2. The number of hydrogen-bond acceptors (Lipinski definition) is 4. The Bertz CT molecular complexity index is 518. The number of rotatable bonds is 0. The van der Waals surface area contributed by atoms with Crippen LogP contribution in [0.15, 0.2) is 23.8 Å². The molecule has 1 heterocycles. The van der Waals surface area contributed by atoms with E-state index in [0.29, 0.717) is 12.0 Å². The van der Waals surface area contributed by atoms with Crippen LogP contribution in [-0.2, 0) is 14.3 Å². The number of fused-ring (bicyclic) bond motifs is 3. The monoisotopic (exact) mass is 262 g/mol. The van der Waals surface area contributed by atoms with Crippen molar-refractivity contribution in [1.29, 1.82) is 0 Å². The molecule has 19 heavy (non-hydrogen) atoms. The van der Waals surface area contributed by atoms with Gasteiger partial charge in [0.15, 0.2) is 5.78 Å². The number of esters is 1. The molecular formula is C15H18O4. The van der Waals surface area contributed by atoms with E-state index in [4.69, 9.17) is 4.74 Å². The summed E-state index contributed by atoms with van der Waals surface area (Å²) in [6, 6.07) is 0. The lowest BCUT2D eigenvalue weighted by atomic mass is 9.55. The quantitative estimate of drug-likeness (QED) is 0.529. The minimum absolute atomic E-state index is 0.0225. The minimum atomic E-state index is -1.00. The van der Waals surface area contributed by atoms with Crippen molar-refractivity contribution in [2.75, 3.05) is 0 Å². The molecule has 102 valence electrons. The molecule has 0 bridgehead atoms. The van der Waals surface area contributed by atoms with Crippen molar-refractivity contribution in [1.82, 2.24) is 0 Å². The maximum atomic E-state index is 11.8. The summed E-state index contributed by atoms with van der Waals surface area (Å²) in [6.45, 7) is 7.61. The van der Waals surface area contributed by atoms with Gasteiger partial charge in [-0.3, -0.25) is 4.79 Å². The van der Waals surface area contributed by atoms with Gasteiger partial charge in [-0.25, -0.2) is 4.79 Å². The van der Waals surface area contributed by atoms with Crippen LogP contribution in [0, 0.1) is 17.3 Å². The van der Waals surface area contributed by atoms with Crippen molar-refractivity contribution in [2.24, 2.45) is 17.3 Å². The van der Waals surface area contributed by atoms with E-state index in [9.17, 15) is 14.7 Å². The van der Waals surface area contributed by atoms with E-state index in [-0.39, 0.29) is 29.7 Å². The van der Waals surface area contributed by atoms with Crippen molar-refractivity contribution < 1.29 is 19.4 Å². The number of ketones is 1. The van der Waals surface area contributed by atoms with Crippen molar-refractivity contribution in [3.63, 3.8) is 0 Å². The summed E-state index contributed by atoms with van der Waals surface area (Å²) in [4.78, 5) is 23.5. The molecule has 4 heteroatoms. The lowest BCUT2D eigenvalue weighted by molar-refractivity contribution is -0.153. The Morgan fingerprint density at radius 3 is 2.84 bits per heavy atom. The molecule has 1 saturated carbocycles. The van der Waals surface area contributed by atoms with Crippen LogP contribution in [0.3, 0.4) is 0 Å². The van der Waals surface area contributed by atoms with Crippen LogP contribution in [0.1, 0.15) is 26.7 Å². The van der Waals surface area contributed by atoms with Crippen LogP contribution in [0.25, 0.3) is 0 Å². The van der Waals surface area contributed by atoms with E-state index >= 15 is 0 Å². The first kappa shape index (κ1) is 12.6. The van der Waals surface area contributed by atoms with Crippen molar-refractivity contribution >= 4 is 11.8 Å². The largest absolute Gasteiger partial charge is 0.458 e. The van der Waals surface area contributed by atoms with E-state index in [1.165, 1.54) is 6.08 Å². The molecule has 0 radical (unpaired) electrons. The summed E-state index contributed by atoms with van der Waals surface area (Å²) in [5.74, 6) is -0.646. The maximum absolute atomic E-state index is 11.8. The first-order valence-electron chi connectivity index (χ1n) is 6.66. The highest BCUT2D eigenvalue weighted by molar-refractivity contribution is 5.96. The lowest BCUT2D eigenvalue weighted by Crippen LogP contribution is -2.55. The molecular weight excluding hydrogens is 244 g/mol. The summed E-state index contributed by atoms with van der Waals surface area (Å²) in [5.41, 5.74) is 0.892. The molecule has 3 aliphatic rings. The second kappa shape index (κ2) is 3.79. The topological polar surface area (TPSA) is 63.6 Å². The molecule has 1 aliphatic heterocycles. The molecule has 2 aliphatic carbocycles. The summed E-state index contributed by atoms with van der Waals surface area (Å²) in [6.07, 6.45) is 1.65. The normalized spacial score (nSPS) is 45.4. The number of aliphatic hydroxyl groups excluding tert-OH is 1. The van der Waals surface area contributed by atoms with E-state index in [1.807, 2.05) is 13.8 Å². The fourth-order valence-corrected chi connectivity index (χ4v) is 4.07. The minimum Gasteiger partial charge on any atom is -0.458 e. The van der Waals surface area contributed by atoms with Gasteiger partial charge in [0.2, 0.25) is 0 Å². The second-order valence-corrected chi connectivity index (χ2v) is 6.22. The lowest BCUT2D eigenvalue weighted by Gasteiger charge is -2.50. The van der Waals surface area contributed by atoms with Crippen molar-refractivity contribution in [2.45, 2.75) is 38.9 Å². The zero-order chi connectivity index (χ0) is 13.9. The third-order valence-electron chi connectivity index (χ3n) is 5.14. The maximum Gasteiger partial charge on any atom is 0.334 e. The average molecular weight is 262 g/mol. The zero-order valence-corrected chi connectivity index (χ0v) is 11.2. The van der Waals surface area contributed by atoms with Crippen LogP contribution in [0.2, 0.25) is 0 Å². The predicted molar refractivity (Wildman–Crippen MR) is 68.1 cm³/mol. The first-order valence-corrected chi connectivity index (χ1v) is 6.66. The molecule has 5 atom stereocenters. The summed E-state index contributed by atoms with van der Waals surface area (Å²) >= 11 is 0. The van der Waals surface area contributed by atoms with Gasteiger partial charge in [0.1, 0.15) is 12.2 Å². The van der Waals surface area contributed by atoms with Crippen LogP contribution < -0.4 is 0 Å². The molecule has 0 aromatic carbocycles. The van der Waals surface area contributed by atoms with Gasteiger partial charge in [-0.1, -0.05) is 19.1 Å². The number of aliphatic hydroxyl groups is 1. The van der Waals surface area contributed by atoms with E-state index in [0.717, 1.165) is 12.0 Å². The third-order valence-corrected chi connectivity index (χ3v) is 5.14. The van der Waals surface area contributed by atoms with Crippen molar-refractivity contribution in [3.8, 4) is 0 Å². The average Bonchev–Trinajstić information content (AvgIpc) is 2.62. The molecule has 1 N–H and O–H groups in total. The Morgan fingerprint density at radius 1 is 1.47 bits per heavy atom. The Hall–Kier alpha value is -1.42. The molecule has 0 unspecified atom stereocenters. The van der Waals surface area contributed by atoms with Crippen LogP contribution >= 0.6 is 0 Å². The highest BCUT2D eigenvalue weighted by atomic mass is 16.6. The van der Waals surface area contributed by atoms with E-state index in [1.54, 1.807) is 0 Å².